The van der Waals surface area contributed by atoms with Gasteiger partial charge in [0.2, 0.25) is 17.7 Å². The molecule has 0 saturated carbocycles. The number of carbonyl (C=O) groups excluding carboxylic acids is 3. The number of carbonyl (C=O) groups is 4. The number of benzene rings is 4. The molecule has 5 rings (SSSR count). The fraction of sp³-hybridized carbons (Fsp3) is 0.200. The van der Waals surface area contributed by atoms with E-state index < -0.39 is 54.3 Å². The maximum Gasteiger partial charge on any atom is 0.328 e. The van der Waals surface area contributed by atoms with Gasteiger partial charge in [0.15, 0.2) is 0 Å². The normalized spacial score (nSPS) is 13.9. The van der Waals surface area contributed by atoms with Gasteiger partial charge in [0.25, 0.3) is 0 Å². The summed E-state index contributed by atoms with van der Waals surface area (Å²) in [6.45, 7) is -0.409. The SMILES string of the molecule is N[C@@H](Cc1ccc(O)cc1)C(=O)N[C@@H](Cc1ccccc1)C(=O)NC(CNC(=O)C1c2ccccc2Oc2ccccc21)C(=O)O. The van der Waals surface area contributed by atoms with Crippen LogP contribution < -0.4 is 26.4 Å². The summed E-state index contributed by atoms with van der Waals surface area (Å²) in [5.74, 6) is -2.83. The molecule has 1 aliphatic heterocycles. The third kappa shape index (κ3) is 7.69. The van der Waals surface area contributed by atoms with E-state index in [0.717, 1.165) is 5.56 Å². The molecule has 1 aliphatic rings. The standard InChI is InChI=1S/C35H34N4O7/c36-26(18-22-14-16-23(40)17-15-22)32(41)38-27(19-21-8-2-1-3-9-21)33(42)39-28(35(44)45)20-37-34(43)31-24-10-4-6-12-29(24)46-30-13-7-5-11-25(30)31/h1-17,26-28,31,40H,18-20,36H2,(H,37,43)(H,38,41)(H,39,42)(H,44,45)/t26-,27-,28?/m0/s1. The molecule has 11 nitrogen and oxygen atoms in total. The molecule has 0 bridgehead atoms. The average Bonchev–Trinajstić information content (AvgIpc) is 3.06. The number of phenolic OH excluding ortho intramolecular Hbond substituents is 1. The molecule has 0 fully saturated rings. The van der Waals surface area contributed by atoms with Crippen molar-refractivity contribution in [3.63, 3.8) is 0 Å². The van der Waals surface area contributed by atoms with Gasteiger partial charge in [-0.2, -0.15) is 0 Å². The van der Waals surface area contributed by atoms with Crippen LogP contribution in [0.2, 0.25) is 0 Å². The van der Waals surface area contributed by atoms with Gasteiger partial charge in [-0.15, -0.1) is 0 Å². The molecule has 7 N–H and O–H groups in total. The van der Waals surface area contributed by atoms with E-state index in [4.69, 9.17) is 10.5 Å². The monoisotopic (exact) mass is 622 g/mol. The van der Waals surface area contributed by atoms with Gasteiger partial charge in [-0.3, -0.25) is 14.4 Å². The zero-order valence-corrected chi connectivity index (χ0v) is 24.8. The minimum Gasteiger partial charge on any atom is -0.508 e. The second kappa shape index (κ2) is 14.4. The van der Waals surface area contributed by atoms with Crippen LogP contribution in [0.25, 0.3) is 0 Å². The van der Waals surface area contributed by atoms with Crippen LogP contribution in [0.5, 0.6) is 17.2 Å². The molecule has 236 valence electrons. The number of nitrogens with one attached hydrogen (secondary N) is 3. The topological polar surface area (TPSA) is 180 Å². The molecular formula is C35H34N4O7. The smallest absolute Gasteiger partial charge is 0.328 e. The van der Waals surface area contributed by atoms with E-state index >= 15 is 0 Å². The van der Waals surface area contributed by atoms with Crippen molar-refractivity contribution in [3.8, 4) is 17.2 Å². The number of para-hydroxylation sites is 2. The molecule has 0 aromatic heterocycles. The number of ether oxygens (including phenoxy) is 1. The van der Waals surface area contributed by atoms with Crippen LogP contribution in [0.4, 0.5) is 0 Å². The van der Waals surface area contributed by atoms with Crippen molar-refractivity contribution in [1.82, 2.24) is 16.0 Å². The van der Waals surface area contributed by atoms with Crippen LogP contribution in [0.1, 0.15) is 28.2 Å². The molecule has 1 unspecified atom stereocenters. The summed E-state index contributed by atoms with van der Waals surface area (Å²) in [4.78, 5) is 52.4. The number of hydrogen-bond donors (Lipinski definition) is 6. The van der Waals surface area contributed by atoms with Crippen molar-refractivity contribution in [1.29, 1.82) is 0 Å². The zero-order valence-electron chi connectivity index (χ0n) is 24.8. The Morgan fingerprint density at radius 2 is 1.24 bits per heavy atom. The fourth-order valence-corrected chi connectivity index (χ4v) is 5.29. The lowest BCUT2D eigenvalue weighted by Crippen LogP contribution is -2.57. The molecule has 1 heterocycles. The van der Waals surface area contributed by atoms with E-state index in [-0.39, 0.29) is 18.6 Å². The molecule has 0 saturated heterocycles. The maximum absolute atomic E-state index is 13.5. The number of aromatic hydroxyl groups is 1. The number of carboxylic acids is 1. The molecular weight excluding hydrogens is 588 g/mol. The molecule has 46 heavy (non-hydrogen) atoms. The lowest BCUT2D eigenvalue weighted by molar-refractivity contribution is -0.142. The third-order valence-corrected chi connectivity index (χ3v) is 7.68. The van der Waals surface area contributed by atoms with Crippen LogP contribution >= 0.6 is 0 Å². The highest BCUT2D eigenvalue weighted by Crippen LogP contribution is 2.43. The summed E-state index contributed by atoms with van der Waals surface area (Å²) < 4.78 is 5.95. The molecule has 0 radical (unpaired) electrons. The molecule has 3 atom stereocenters. The Hall–Kier alpha value is -5.68. The molecule has 4 aromatic carbocycles. The molecule has 0 aliphatic carbocycles. The fourth-order valence-electron chi connectivity index (χ4n) is 5.29. The van der Waals surface area contributed by atoms with Crippen molar-refractivity contribution >= 4 is 23.7 Å². The van der Waals surface area contributed by atoms with E-state index in [1.165, 1.54) is 12.1 Å². The summed E-state index contributed by atoms with van der Waals surface area (Å²) in [5.41, 5.74) is 8.84. The number of amides is 3. The average molecular weight is 623 g/mol. The molecule has 3 amide bonds. The van der Waals surface area contributed by atoms with Crippen molar-refractivity contribution in [2.24, 2.45) is 5.73 Å². The van der Waals surface area contributed by atoms with Gasteiger partial charge in [0, 0.05) is 24.1 Å². The summed E-state index contributed by atoms with van der Waals surface area (Å²) in [6.07, 6.45) is 0.215. The number of aliphatic carboxylic acids is 1. The highest BCUT2D eigenvalue weighted by atomic mass is 16.5. The lowest BCUT2D eigenvalue weighted by atomic mass is 9.87. The van der Waals surface area contributed by atoms with E-state index in [1.54, 1.807) is 84.9 Å². The maximum atomic E-state index is 13.5. The van der Waals surface area contributed by atoms with Gasteiger partial charge in [-0.1, -0.05) is 78.9 Å². The number of hydrogen-bond acceptors (Lipinski definition) is 7. The lowest BCUT2D eigenvalue weighted by Gasteiger charge is -2.28. The largest absolute Gasteiger partial charge is 0.508 e. The first-order valence-electron chi connectivity index (χ1n) is 14.7. The summed E-state index contributed by atoms with van der Waals surface area (Å²) in [6, 6.07) is 25.7. The second-order valence-electron chi connectivity index (χ2n) is 11.0. The minimum atomic E-state index is -1.50. The third-order valence-electron chi connectivity index (χ3n) is 7.68. The molecule has 0 spiro atoms. The number of fused-ring (bicyclic) bond motifs is 2. The van der Waals surface area contributed by atoms with E-state index in [0.29, 0.717) is 28.2 Å². The first kappa shape index (κ1) is 31.7. The number of rotatable bonds is 12. The van der Waals surface area contributed by atoms with Gasteiger partial charge in [-0.25, -0.2) is 4.79 Å². The van der Waals surface area contributed by atoms with Crippen LogP contribution in [-0.4, -0.2) is 58.6 Å². The van der Waals surface area contributed by atoms with Crippen molar-refractivity contribution in [3.05, 3.63) is 125 Å². The Labute approximate surface area is 265 Å². The van der Waals surface area contributed by atoms with E-state index in [1.807, 2.05) is 6.07 Å². The van der Waals surface area contributed by atoms with Crippen LogP contribution in [-0.2, 0) is 32.0 Å². The first-order valence-corrected chi connectivity index (χ1v) is 14.7. The summed E-state index contributed by atoms with van der Waals surface area (Å²) in [5, 5.41) is 27.3. The highest BCUT2D eigenvalue weighted by Gasteiger charge is 2.34. The number of nitrogens with two attached hydrogens (primary N) is 1. The van der Waals surface area contributed by atoms with Gasteiger partial charge in [0.1, 0.15) is 29.3 Å². The number of carboxylic acid groups (broad SMARTS) is 1. The summed E-state index contributed by atoms with van der Waals surface area (Å²) in [7, 11) is 0. The predicted octanol–water partition coefficient (Wildman–Crippen LogP) is 2.61. The first-order chi connectivity index (χ1) is 22.2. The Morgan fingerprint density at radius 1 is 0.696 bits per heavy atom. The number of phenols is 1. The Bertz CT molecular complexity index is 1670. The highest BCUT2D eigenvalue weighted by molar-refractivity contribution is 5.93. The minimum absolute atomic E-state index is 0.0681. The van der Waals surface area contributed by atoms with Crippen molar-refractivity contribution in [2.45, 2.75) is 36.9 Å². The van der Waals surface area contributed by atoms with E-state index in [2.05, 4.69) is 16.0 Å². The van der Waals surface area contributed by atoms with Crippen LogP contribution in [0, 0.1) is 0 Å². The van der Waals surface area contributed by atoms with Gasteiger partial charge in [-0.05, 0) is 41.8 Å². The van der Waals surface area contributed by atoms with Gasteiger partial charge < -0.3 is 36.6 Å². The van der Waals surface area contributed by atoms with Crippen molar-refractivity contribution in [2.75, 3.05) is 6.54 Å². The predicted molar refractivity (Wildman–Crippen MR) is 169 cm³/mol. The Balaban J connectivity index is 1.28. The van der Waals surface area contributed by atoms with E-state index in [9.17, 15) is 29.4 Å². The van der Waals surface area contributed by atoms with Crippen molar-refractivity contribution < 1.29 is 34.1 Å². The van der Waals surface area contributed by atoms with Gasteiger partial charge in [0.05, 0.1) is 12.0 Å². The van der Waals surface area contributed by atoms with Gasteiger partial charge >= 0.3 is 5.97 Å². The Kier molecular flexibility index (Phi) is 9.94. The second-order valence-corrected chi connectivity index (χ2v) is 11.0. The van der Waals surface area contributed by atoms with Crippen LogP contribution in [0.3, 0.4) is 0 Å². The quantitative estimate of drug-likeness (QED) is 0.140. The Morgan fingerprint density at radius 3 is 1.85 bits per heavy atom. The molecule has 11 heteroatoms. The summed E-state index contributed by atoms with van der Waals surface area (Å²) >= 11 is 0. The van der Waals surface area contributed by atoms with Crippen LogP contribution in [0.15, 0.2) is 103 Å². The zero-order chi connectivity index (χ0) is 32.6. The molecule has 4 aromatic rings.